The monoisotopic (exact) mass is 286 g/mol. The van der Waals surface area contributed by atoms with Crippen molar-refractivity contribution in [3.63, 3.8) is 0 Å². The van der Waals surface area contributed by atoms with Gasteiger partial charge >= 0.3 is 0 Å². The minimum Gasteiger partial charge on any atom is -0.493 e. The van der Waals surface area contributed by atoms with Crippen molar-refractivity contribution < 1.29 is 9.47 Å². The number of hydrogen-bond acceptors (Lipinski definition) is 4. The molecule has 1 aromatic carbocycles. The van der Waals surface area contributed by atoms with E-state index < -0.39 is 0 Å². The standard InChI is InChI=1S/C17H22N2O2/c1-11-8-14(9-12(2)19-11)17(18-3)13-6-7-15(20-4)16(10-13)21-5/h6-10,17-18H,1-5H3. The van der Waals surface area contributed by atoms with E-state index in [9.17, 15) is 0 Å². The van der Waals surface area contributed by atoms with Crippen LogP contribution in [-0.2, 0) is 0 Å². The Labute approximate surface area is 126 Å². The van der Waals surface area contributed by atoms with Gasteiger partial charge < -0.3 is 14.8 Å². The zero-order chi connectivity index (χ0) is 15.4. The summed E-state index contributed by atoms with van der Waals surface area (Å²) in [5.41, 5.74) is 4.35. The van der Waals surface area contributed by atoms with Crippen molar-refractivity contribution in [3.8, 4) is 11.5 Å². The maximum Gasteiger partial charge on any atom is 0.161 e. The molecular formula is C17H22N2O2. The third-order valence-electron chi connectivity index (χ3n) is 3.47. The molecule has 1 atom stereocenters. The summed E-state index contributed by atoms with van der Waals surface area (Å²) in [6.07, 6.45) is 0. The SMILES string of the molecule is CNC(c1cc(C)nc(C)c1)c1ccc(OC)c(OC)c1. The Morgan fingerprint density at radius 1 is 0.905 bits per heavy atom. The number of methoxy groups -OCH3 is 2. The largest absolute Gasteiger partial charge is 0.493 e. The highest BCUT2D eigenvalue weighted by molar-refractivity contribution is 5.46. The molecule has 21 heavy (non-hydrogen) atoms. The lowest BCUT2D eigenvalue weighted by Crippen LogP contribution is -2.18. The van der Waals surface area contributed by atoms with Crippen LogP contribution in [0.1, 0.15) is 28.6 Å². The van der Waals surface area contributed by atoms with Crippen LogP contribution in [0.2, 0.25) is 0 Å². The molecule has 112 valence electrons. The number of benzene rings is 1. The molecule has 0 radical (unpaired) electrons. The fourth-order valence-corrected chi connectivity index (χ4v) is 2.59. The van der Waals surface area contributed by atoms with Gasteiger partial charge in [-0.15, -0.1) is 0 Å². The summed E-state index contributed by atoms with van der Waals surface area (Å²) in [4.78, 5) is 4.43. The van der Waals surface area contributed by atoms with Crippen LogP contribution in [0.4, 0.5) is 0 Å². The highest BCUT2D eigenvalue weighted by atomic mass is 16.5. The van der Waals surface area contributed by atoms with E-state index in [-0.39, 0.29) is 6.04 Å². The first kappa shape index (κ1) is 15.3. The van der Waals surface area contributed by atoms with E-state index >= 15 is 0 Å². The maximum absolute atomic E-state index is 5.39. The van der Waals surface area contributed by atoms with Gasteiger partial charge in [0.1, 0.15) is 0 Å². The quantitative estimate of drug-likeness (QED) is 0.917. The molecule has 1 unspecified atom stereocenters. The molecule has 2 aromatic rings. The Balaban J connectivity index is 2.45. The summed E-state index contributed by atoms with van der Waals surface area (Å²) in [7, 11) is 5.24. The lowest BCUT2D eigenvalue weighted by molar-refractivity contribution is 0.354. The van der Waals surface area contributed by atoms with Crippen LogP contribution in [0.5, 0.6) is 11.5 Å². The molecule has 0 saturated carbocycles. The molecule has 0 saturated heterocycles. The Bertz CT molecular complexity index is 606. The van der Waals surface area contributed by atoms with E-state index in [4.69, 9.17) is 9.47 Å². The number of nitrogens with zero attached hydrogens (tertiary/aromatic N) is 1. The first-order valence-corrected chi connectivity index (χ1v) is 6.93. The Hall–Kier alpha value is -2.07. The highest BCUT2D eigenvalue weighted by Crippen LogP contribution is 2.32. The predicted octanol–water partition coefficient (Wildman–Crippen LogP) is 3.02. The second-order valence-electron chi connectivity index (χ2n) is 5.02. The third kappa shape index (κ3) is 3.34. The van der Waals surface area contributed by atoms with Crippen LogP contribution in [0.15, 0.2) is 30.3 Å². The van der Waals surface area contributed by atoms with Gasteiger partial charge in [-0.1, -0.05) is 6.07 Å². The lowest BCUT2D eigenvalue weighted by Gasteiger charge is -2.19. The van der Waals surface area contributed by atoms with E-state index in [0.717, 1.165) is 28.5 Å². The molecule has 0 aliphatic carbocycles. The maximum atomic E-state index is 5.39. The van der Waals surface area contributed by atoms with Gasteiger partial charge in [-0.3, -0.25) is 4.98 Å². The highest BCUT2D eigenvalue weighted by Gasteiger charge is 2.15. The molecule has 4 nitrogen and oxygen atoms in total. The smallest absolute Gasteiger partial charge is 0.161 e. The van der Waals surface area contributed by atoms with Gasteiger partial charge in [-0.25, -0.2) is 0 Å². The van der Waals surface area contributed by atoms with Crippen LogP contribution < -0.4 is 14.8 Å². The summed E-state index contributed by atoms with van der Waals surface area (Å²) < 4.78 is 10.7. The average molecular weight is 286 g/mol. The second kappa shape index (κ2) is 6.59. The summed E-state index contributed by atoms with van der Waals surface area (Å²) in [5.74, 6) is 1.47. The van der Waals surface area contributed by atoms with Crippen molar-refractivity contribution in [2.75, 3.05) is 21.3 Å². The number of pyridine rings is 1. The molecule has 1 N–H and O–H groups in total. The van der Waals surface area contributed by atoms with Gasteiger partial charge in [0.05, 0.1) is 20.3 Å². The van der Waals surface area contributed by atoms with E-state index in [1.807, 2.05) is 39.1 Å². The van der Waals surface area contributed by atoms with Gasteiger partial charge in [0.15, 0.2) is 11.5 Å². The molecule has 2 rings (SSSR count). The molecule has 1 aromatic heterocycles. The van der Waals surface area contributed by atoms with Gasteiger partial charge in [-0.05, 0) is 56.3 Å². The zero-order valence-electron chi connectivity index (χ0n) is 13.2. The van der Waals surface area contributed by atoms with Gasteiger partial charge in [0, 0.05) is 11.4 Å². The Morgan fingerprint density at radius 3 is 2.05 bits per heavy atom. The van der Waals surface area contributed by atoms with Crippen molar-refractivity contribution in [1.82, 2.24) is 10.3 Å². The second-order valence-corrected chi connectivity index (χ2v) is 5.02. The summed E-state index contributed by atoms with van der Waals surface area (Å²) in [5, 5.41) is 3.35. The normalized spacial score (nSPS) is 12.0. The summed E-state index contributed by atoms with van der Waals surface area (Å²) in [6, 6.07) is 10.3. The lowest BCUT2D eigenvalue weighted by atomic mass is 9.98. The molecule has 4 heteroatoms. The molecule has 0 fully saturated rings. The number of aromatic nitrogens is 1. The fraction of sp³-hybridized carbons (Fsp3) is 0.353. The molecule has 0 aliphatic heterocycles. The van der Waals surface area contributed by atoms with Crippen LogP contribution in [0.25, 0.3) is 0 Å². The minimum atomic E-state index is 0.0882. The fourth-order valence-electron chi connectivity index (χ4n) is 2.59. The van der Waals surface area contributed by atoms with Crippen LogP contribution in [0.3, 0.4) is 0 Å². The van der Waals surface area contributed by atoms with Crippen LogP contribution in [0, 0.1) is 13.8 Å². The number of rotatable bonds is 5. The van der Waals surface area contributed by atoms with Crippen molar-refractivity contribution in [2.45, 2.75) is 19.9 Å². The average Bonchev–Trinajstić information content (AvgIpc) is 2.46. The number of aryl methyl sites for hydroxylation is 2. The Morgan fingerprint density at radius 2 is 1.52 bits per heavy atom. The van der Waals surface area contributed by atoms with E-state index in [1.165, 1.54) is 5.56 Å². The summed E-state index contributed by atoms with van der Waals surface area (Å²) >= 11 is 0. The molecule has 0 aliphatic rings. The van der Waals surface area contributed by atoms with E-state index in [2.05, 4.69) is 22.4 Å². The van der Waals surface area contributed by atoms with Gasteiger partial charge in [0.2, 0.25) is 0 Å². The van der Waals surface area contributed by atoms with Crippen LogP contribution >= 0.6 is 0 Å². The third-order valence-corrected chi connectivity index (χ3v) is 3.47. The molecular weight excluding hydrogens is 264 g/mol. The first-order valence-electron chi connectivity index (χ1n) is 6.93. The minimum absolute atomic E-state index is 0.0882. The van der Waals surface area contributed by atoms with Crippen LogP contribution in [-0.4, -0.2) is 26.3 Å². The zero-order valence-corrected chi connectivity index (χ0v) is 13.2. The molecule has 0 amide bonds. The number of hydrogen-bond donors (Lipinski definition) is 1. The molecule has 0 spiro atoms. The van der Waals surface area contributed by atoms with Crippen molar-refractivity contribution in [3.05, 3.63) is 52.8 Å². The van der Waals surface area contributed by atoms with E-state index in [0.29, 0.717) is 0 Å². The number of ether oxygens (including phenoxy) is 2. The molecule has 1 heterocycles. The topological polar surface area (TPSA) is 43.4 Å². The summed E-state index contributed by atoms with van der Waals surface area (Å²) in [6.45, 7) is 4.02. The number of nitrogens with one attached hydrogen (secondary N) is 1. The Kier molecular flexibility index (Phi) is 4.81. The first-order chi connectivity index (χ1) is 10.1. The van der Waals surface area contributed by atoms with Gasteiger partial charge in [0.25, 0.3) is 0 Å². The van der Waals surface area contributed by atoms with Crippen molar-refractivity contribution in [1.29, 1.82) is 0 Å². The predicted molar refractivity (Wildman–Crippen MR) is 84.2 cm³/mol. The van der Waals surface area contributed by atoms with Crippen molar-refractivity contribution >= 4 is 0 Å². The van der Waals surface area contributed by atoms with Crippen molar-refractivity contribution in [2.24, 2.45) is 0 Å². The van der Waals surface area contributed by atoms with E-state index in [1.54, 1.807) is 14.2 Å². The van der Waals surface area contributed by atoms with Gasteiger partial charge in [-0.2, -0.15) is 0 Å². The molecule has 0 bridgehead atoms.